The number of hydrogen-bond donors (Lipinski definition) is 1. The number of carbonyl (C=O) groups excluding carboxylic acids is 1. The van der Waals surface area contributed by atoms with Crippen LogP contribution in [0.3, 0.4) is 0 Å². The molecule has 37 heavy (non-hydrogen) atoms. The van der Waals surface area contributed by atoms with Crippen molar-refractivity contribution in [3.05, 3.63) is 83.8 Å². The smallest absolute Gasteiger partial charge is 0.227 e. The summed E-state index contributed by atoms with van der Waals surface area (Å²) in [5.74, 6) is 1.78. The fraction of sp³-hybridized carbons (Fsp3) is 0.333. The average molecular weight is 498 g/mol. The topological polar surface area (TPSA) is 64.3 Å². The number of aromatic nitrogens is 3. The van der Waals surface area contributed by atoms with Crippen molar-refractivity contribution in [2.75, 3.05) is 29.9 Å². The number of amides is 1. The third-order valence-electron chi connectivity index (χ3n) is 7.11. The second-order valence-electron chi connectivity index (χ2n) is 9.64. The van der Waals surface area contributed by atoms with Crippen LogP contribution in [-0.2, 0) is 4.79 Å². The summed E-state index contributed by atoms with van der Waals surface area (Å²) in [6, 6.07) is 22.2. The monoisotopic (exact) mass is 497 g/mol. The summed E-state index contributed by atoms with van der Waals surface area (Å²) in [5.41, 5.74) is 6.21. The number of nitrogens with one attached hydrogen (secondary N) is 1. The Hall–Kier alpha value is -4.00. The number of piperidine rings is 1. The summed E-state index contributed by atoms with van der Waals surface area (Å²) in [6.07, 6.45) is 1.54. The zero-order valence-corrected chi connectivity index (χ0v) is 22.1. The Bertz CT molecular complexity index is 1360. The highest BCUT2D eigenvalue weighted by Gasteiger charge is 2.31. The maximum Gasteiger partial charge on any atom is 0.227 e. The summed E-state index contributed by atoms with van der Waals surface area (Å²) in [6.45, 7) is 10.4. The van der Waals surface area contributed by atoms with Gasteiger partial charge in [-0.05, 0) is 76.9 Å². The van der Waals surface area contributed by atoms with Crippen LogP contribution < -0.4 is 15.0 Å². The predicted octanol–water partition coefficient (Wildman–Crippen LogP) is 5.84. The lowest BCUT2D eigenvalue weighted by molar-refractivity contribution is -0.120. The second kappa shape index (κ2) is 10.5. The number of para-hydroxylation sites is 3. The number of ether oxygens (including phenoxy) is 1. The molecule has 1 saturated heterocycles. The number of anilines is 2. The minimum absolute atomic E-state index is 0.0527. The second-order valence-corrected chi connectivity index (χ2v) is 9.64. The Morgan fingerprint density at radius 3 is 2.27 bits per heavy atom. The predicted molar refractivity (Wildman–Crippen MR) is 148 cm³/mol. The van der Waals surface area contributed by atoms with Gasteiger partial charge in [-0.3, -0.25) is 4.79 Å². The van der Waals surface area contributed by atoms with Crippen LogP contribution in [0, 0.1) is 26.7 Å². The van der Waals surface area contributed by atoms with E-state index in [0.717, 1.165) is 54.5 Å². The van der Waals surface area contributed by atoms with Gasteiger partial charge in [0.15, 0.2) is 5.82 Å². The zero-order valence-electron chi connectivity index (χ0n) is 22.1. The molecule has 0 aliphatic carbocycles. The van der Waals surface area contributed by atoms with Crippen LogP contribution in [0.15, 0.2) is 66.7 Å². The summed E-state index contributed by atoms with van der Waals surface area (Å²) >= 11 is 0. The largest absolute Gasteiger partial charge is 0.492 e. The average Bonchev–Trinajstić information content (AvgIpc) is 3.43. The Morgan fingerprint density at radius 2 is 1.59 bits per heavy atom. The van der Waals surface area contributed by atoms with Gasteiger partial charge in [-0.25, -0.2) is 4.68 Å². The van der Waals surface area contributed by atoms with Crippen molar-refractivity contribution < 1.29 is 9.53 Å². The maximum absolute atomic E-state index is 13.2. The quantitative estimate of drug-likeness (QED) is 0.348. The van der Waals surface area contributed by atoms with Gasteiger partial charge >= 0.3 is 0 Å². The Kier molecular flexibility index (Phi) is 7.04. The number of hydrogen-bond acceptors (Lipinski definition) is 4. The number of rotatable bonds is 7. The molecule has 1 aliphatic heterocycles. The van der Waals surface area contributed by atoms with Gasteiger partial charge in [0, 0.05) is 30.4 Å². The van der Waals surface area contributed by atoms with Gasteiger partial charge in [0.25, 0.3) is 0 Å². The van der Waals surface area contributed by atoms with E-state index < -0.39 is 0 Å². The molecule has 0 unspecified atom stereocenters. The minimum atomic E-state index is -0.0568. The Balaban J connectivity index is 1.42. The van der Waals surface area contributed by atoms with Crippen LogP contribution in [0.5, 0.6) is 5.75 Å². The van der Waals surface area contributed by atoms with Gasteiger partial charge < -0.3 is 19.5 Å². The molecule has 0 spiro atoms. The molecular weight excluding hydrogens is 462 g/mol. The molecular formula is C30H35N5O2. The molecule has 192 valence electrons. The van der Waals surface area contributed by atoms with E-state index in [1.165, 1.54) is 11.4 Å². The van der Waals surface area contributed by atoms with E-state index in [1.54, 1.807) is 0 Å². The molecule has 4 aromatic rings. The van der Waals surface area contributed by atoms with Crippen molar-refractivity contribution in [3.8, 4) is 17.1 Å². The first-order valence-electron chi connectivity index (χ1n) is 13.1. The summed E-state index contributed by atoms with van der Waals surface area (Å²) in [4.78, 5) is 15.6. The fourth-order valence-electron chi connectivity index (χ4n) is 5.26. The first-order chi connectivity index (χ1) is 18.0. The van der Waals surface area contributed by atoms with Crippen molar-refractivity contribution in [1.29, 1.82) is 0 Å². The Morgan fingerprint density at radius 1 is 0.946 bits per heavy atom. The molecule has 3 heterocycles. The van der Waals surface area contributed by atoms with Gasteiger partial charge in [0.2, 0.25) is 5.91 Å². The lowest BCUT2D eigenvalue weighted by atomic mass is 9.95. The molecule has 0 saturated carbocycles. The first kappa shape index (κ1) is 24.7. The van der Waals surface area contributed by atoms with Crippen molar-refractivity contribution in [2.24, 2.45) is 5.92 Å². The van der Waals surface area contributed by atoms with Crippen LogP contribution in [0.1, 0.15) is 36.8 Å². The highest BCUT2D eigenvalue weighted by molar-refractivity contribution is 5.94. The molecule has 2 aromatic carbocycles. The summed E-state index contributed by atoms with van der Waals surface area (Å²) in [5, 5.41) is 8.10. The first-order valence-corrected chi connectivity index (χ1v) is 13.1. The SMILES string of the molecule is CCOc1ccccc1NC(=O)C1CCN(c2c(-n3c(C)ccc3C)c(C)nn2-c2ccccc2)CC1. The van der Waals surface area contributed by atoms with E-state index >= 15 is 0 Å². The number of nitrogens with zero attached hydrogens (tertiary/aromatic N) is 4. The van der Waals surface area contributed by atoms with Crippen LogP contribution in [0.2, 0.25) is 0 Å². The van der Waals surface area contributed by atoms with E-state index in [2.05, 4.69) is 64.5 Å². The van der Waals surface area contributed by atoms with Gasteiger partial charge in [-0.2, -0.15) is 5.10 Å². The third-order valence-corrected chi connectivity index (χ3v) is 7.11. The summed E-state index contributed by atoms with van der Waals surface area (Å²) in [7, 11) is 0. The molecule has 1 N–H and O–H groups in total. The fourth-order valence-corrected chi connectivity index (χ4v) is 5.26. The lowest BCUT2D eigenvalue weighted by Crippen LogP contribution is -2.39. The number of carbonyl (C=O) groups is 1. The third kappa shape index (κ3) is 4.86. The molecule has 7 nitrogen and oxygen atoms in total. The van der Waals surface area contributed by atoms with Crippen molar-refractivity contribution in [1.82, 2.24) is 14.3 Å². The van der Waals surface area contributed by atoms with Gasteiger partial charge in [-0.1, -0.05) is 30.3 Å². The molecule has 1 fully saturated rings. The molecule has 1 aliphatic rings. The molecule has 7 heteroatoms. The van der Waals surface area contributed by atoms with Gasteiger partial charge in [0.1, 0.15) is 11.4 Å². The molecule has 0 bridgehead atoms. The van der Waals surface area contributed by atoms with E-state index in [9.17, 15) is 4.79 Å². The summed E-state index contributed by atoms with van der Waals surface area (Å²) < 4.78 is 10.0. The van der Waals surface area contributed by atoms with Crippen LogP contribution >= 0.6 is 0 Å². The van der Waals surface area contributed by atoms with Gasteiger partial charge in [0.05, 0.1) is 23.7 Å². The molecule has 5 rings (SSSR count). The number of aryl methyl sites for hydroxylation is 3. The normalized spacial score (nSPS) is 14.1. The van der Waals surface area contributed by atoms with Crippen LogP contribution in [-0.4, -0.2) is 40.0 Å². The van der Waals surface area contributed by atoms with E-state index in [0.29, 0.717) is 12.4 Å². The van der Waals surface area contributed by atoms with E-state index in [1.807, 2.05) is 49.4 Å². The van der Waals surface area contributed by atoms with Crippen molar-refractivity contribution >= 4 is 17.4 Å². The maximum atomic E-state index is 13.2. The number of benzene rings is 2. The standard InChI is InChI=1S/C30H35N5O2/c1-5-37-27-14-10-9-13-26(27)31-29(36)24-17-19-33(20-18-24)30-28(34-21(2)15-16-22(34)3)23(4)32-35(30)25-11-7-6-8-12-25/h6-16,24H,5,17-20H2,1-4H3,(H,31,36). The highest BCUT2D eigenvalue weighted by Crippen LogP contribution is 2.35. The van der Waals surface area contributed by atoms with E-state index in [-0.39, 0.29) is 11.8 Å². The molecule has 0 radical (unpaired) electrons. The zero-order chi connectivity index (χ0) is 25.9. The van der Waals surface area contributed by atoms with Crippen LogP contribution in [0.4, 0.5) is 11.5 Å². The highest BCUT2D eigenvalue weighted by atomic mass is 16.5. The van der Waals surface area contributed by atoms with Gasteiger partial charge in [-0.15, -0.1) is 0 Å². The Labute approximate surface area is 218 Å². The molecule has 1 amide bonds. The van der Waals surface area contributed by atoms with Crippen molar-refractivity contribution in [2.45, 2.75) is 40.5 Å². The van der Waals surface area contributed by atoms with E-state index in [4.69, 9.17) is 9.84 Å². The van der Waals surface area contributed by atoms with Crippen molar-refractivity contribution in [3.63, 3.8) is 0 Å². The van der Waals surface area contributed by atoms with Crippen LogP contribution in [0.25, 0.3) is 11.4 Å². The lowest BCUT2D eigenvalue weighted by Gasteiger charge is -2.34. The minimum Gasteiger partial charge on any atom is -0.492 e. The molecule has 0 atom stereocenters. The molecule has 2 aromatic heterocycles.